The molecule has 0 aromatic heterocycles. The summed E-state index contributed by atoms with van der Waals surface area (Å²) >= 11 is 9.12. The molecular weight excluding hydrogens is 302 g/mol. The average Bonchev–Trinajstić information content (AvgIpc) is 2.32. The molecule has 0 unspecified atom stereocenters. The number of aromatic hydroxyl groups is 1. The van der Waals surface area contributed by atoms with E-state index >= 15 is 0 Å². The van der Waals surface area contributed by atoms with Crippen molar-refractivity contribution >= 4 is 39.4 Å². The molecule has 0 fully saturated rings. The van der Waals surface area contributed by atoms with Crippen molar-refractivity contribution in [3.8, 4) is 5.75 Å². The van der Waals surface area contributed by atoms with Crippen molar-refractivity contribution in [1.29, 1.82) is 0 Å². The molecule has 17 heavy (non-hydrogen) atoms. The molecule has 86 valence electrons. The van der Waals surface area contributed by atoms with Gasteiger partial charge in [-0.2, -0.15) is 0 Å². The van der Waals surface area contributed by atoms with Gasteiger partial charge < -0.3 is 5.11 Å². The van der Waals surface area contributed by atoms with E-state index in [2.05, 4.69) is 20.9 Å². The molecule has 0 saturated carbocycles. The van der Waals surface area contributed by atoms with Crippen LogP contribution in [0.3, 0.4) is 0 Å². The van der Waals surface area contributed by atoms with E-state index in [9.17, 15) is 5.11 Å². The molecule has 0 heterocycles. The normalized spacial score (nSPS) is 10.9. The van der Waals surface area contributed by atoms with Gasteiger partial charge in [0.15, 0.2) is 0 Å². The summed E-state index contributed by atoms with van der Waals surface area (Å²) in [5.74, 6) is 0.200. The van der Waals surface area contributed by atoms with Crippen LogP contribution in [0, 0.1) is 0 Å². The number of benzene rings is 2. The Kier molecular flexibility index (Phi) is 3.82. The van der Waals surface area contributed by atoms with Gasteiger partial charge in [-0.25, -0.2) is 0 Å². The highest BCUT2D eigenvalue weighted by Crippen LogP contribution is 2.21. The first kappa shape index (κ1) is 12.1. The number of hydrogen-bond acceptors (Lipinski definition) is 2. The van der Waals surface area contributed by atoms with E-state index in [1.165, 1.54) is 0 Å². The molecule has 0 atom stereocenters. The fourth-order valence-corrected chi connectivity index (χ4v) is 1.80. The first-order chi connectivity index (χ1) is 8.15. The summed E-state index contributed by atoms with van der Waals surface area (Å²) in [5, 5.41) is 10.3. The summed E-state index contributed by atoms with van der Waals surface area (Å²) in [6, 6.07) is 12.4. The molecule has 0 spiro atoms. The zero-order valence-corrected chi connectivity index (χ0v) is 11.1. The lowest BCUT2D eigenvalue weighted by Crippen LogP contribution is -1.82. The summed E-state index contributed by atoms with van der Waals surface area (Å²) in [4.78, 5) is 4.26. The third-order valence-corrected chi connectivity index (χ3v) is 2.91. The van der Waals surface area contributed by atoms with Gasteiger partial charge in [-0.05, 0) is 42.5 Å². The van der Waals surface area contributed by atoms with Crippen molar-refractivity contribution in [2.45, 2.75) is 0 Å². The summed E-state index contributed by atoms with van der Waals surface area (Å²) < 4.78 is 0.896. The van der Waals surface area contributed by atoms with Crippen LogP contribution in [-0.2, 0) is 0 Å². The van der Waals surface area contributed by atoms with Gasteiger partial charge in [0.2, 0.25) is 0 Å². The van der Waals surface area contributed by atoms with E-state index in [1.54, 1.807) is 36.5 Å². The van der Waals surface area contributed by atoms with Crippen molar-refractivity contribution in [2.24, 2.45) is 4.99 Å². The number of phenols is 1. The van der Waals surface area contributed by atoms with Crippen LogP contribution in [0.2, 0.25) is 5.02 Å². The van der Waals surface area contributed by atoms with Crippen LogP contribution in [-0.4, -0.2) is 11.3 Å². The minimum absolute atomic E-state index is 0.200. The topological polar surface area (TPSA) is 32.6 Å². The molecule has 4 heteroatoms. The maximum Gasteiger partial charge on any atom is 0.124 e. The fourth-order valence-electron chi connectivity index (χ4n) is 1.30. The van der Waals surface area contributed by atoms with Gasteiger partial charge in [0.25, 0.3) is 0 Å². The van der Waals surface area contributed by atoms with Crippen molar-refractivity contribution in [3.05, 3.63) is 57.5 Å². The molecular formula is C13H9BrClNO. The molecule has 2 aromatic rings. The Morgan fingerprint density at radius 3 is 2.53 bits per heavy atom. The first-order valence-corrected chi connectivity index (χ1v) is 6.10. The lowest BCUT2D eigenvalue weighted by molar-refractivity contribution is 0.474. The van der Waals surface area contributed by atoms with Crippen LogP contribution in [0.1, 0.15) is 5.56 Å². The Labute approximate surface area is 113 Å². The van der Waals surface area contributed by atoms with Crippen molar-refractivity contribution in [2.75, 3.05) is 0 Å². The lowest BCUT2D eigenvalue weighted by Gasteiger charge is -1.99. The van der Waals surface area contributed by atoms with E-state index in [4.69, 9.17) is 11.6 Å². The van der Waals surface area contributed by atoms with E-state index in [0.29, 0.717) is 10.6 Å². The molecule has 0 aliphatic carbocycles. The number of halogens is 2. The SMILES string of the molecule is Oc1ccc(Br)cc1/C=N/c1ccc(Cl)cc1. The van der Waals surface area contributed by atoms with Crippen LogP contribution >= 0.6 is 27.5 Å². The van der Waals surface area contributed by atoms with E-state index in [0.717, 1.165) is 10.2 Å². The smallest absolute Gasteiger partial charge is 0.124 e. The molecule has 0 bridgehead atoms. The first-order valence-electron chi connectivity index (χ1n) is 4.93. The second-order valence-electron chi connectivity index (χ2n) is 3.44. The monoisotopic (exact) mass is 309 g/mol. The number of hydrogen-bond donors (Lipinski definition) is 1. The summed E-state index contributed by atoms with van der Waals surface area (Å²) in [6.45, 7) is 0. The summed E-state index contributed by atoms with van der Waals surface area (Å²) in [7, 11) is 0. The Morgan fingerprint density at radius 1 is 1.12 bits per heavy atom. The highest BCUT2D eigenvalue weighted by molar-refractivity contribution is 9.10. The van der Waals surface area contributed by atoms with E-state index in [1.807, 2.05) is 12.1 Å². The number of aliphatic imine (C=N–C) groups is 1. The van der Waals surface area contributed by atoms with Crippen LogP contribution in [0.4, 0.5) is 5.69 Å². The highest BCUT2D eigenvalue weighted by atomic mass is 79.9. The van der Waals surface area contributed by atoms with Crippen molar-refractivity contribution < 1.29 is 5.11 Å². The second-order valence-corrected chi connectivity index (χ2v) is 4.79. The Bertz CT molecular complexity index is 552. The van der Waals surface area contributed by atoms with Crippen molar-refractivity contribution in [3.63, 3.8) is 0 Å². The van der Waals surface area contributed by atoms with Gasteiger partial charge >= 0.3 is 0 Å². The maximum atomic E-state index is 9.62. The van der Waals surface area contributed by atoms with E-state index < -0.39 is 0 Å². The molecule has 0 amide bonds. The standard InChI is InChI=1S/C13H9BrClNO/c14-10-1-6-13(17)9(7-10)8-16-12-4-2-11(15)3-5-12/h1-8,17H/b16-8+. The number of rotatable bonds is 2. The predicted octanol–water partition coefficient (Wildman–Crippen LogP) is 4.56. The van der Waals surface area contributed by atoms with Gasteiger partial charge in [-0.15, -0.1) is 0 Å². The zero-order valence-electron chi connectivity index (χ0n) is 8.77. The number of nitrogens with zero attached hydrogens (tertiary/aromatic N) is 1. The van der Waals surface area contributed by atoms with Crippen LogP contribution in [0.15, 0.2) is 51.9 Å². The Morgan fingerprint density at radius 2 is 1.82 bits per heavy atom. The molecule has 2 aromatic carbocycles. The molecule has 0 aliphatic heterocycles. The minimum atomic E-state index is 0.200. The molecule has 1 N–H and O–H groups in total. The van der Waals surface area contributed by atoms with Gasteiger partial charge in [0, 0.05) is 21.3 Å². The maximum absolute atomic E-state index is 9.62. The third kappa shape index (κ3) is 3.32. The largest absolute Gasteiger partial charge is 0.507 e. The fraction of sp³-hybridized carbons (Fsp3) is 0. The van der Waals surface area contributed by atoms with E-state index in [-0.39, 0.29) is 5.75 Å². The quantitative estimate of drug-likeness (QED) is 0.810. The number of phenolic OH excluding ortho intramolecular Hbond substituents is 1. The van der Waals surface area contributed by atoms with Crippen molar-refractivity contribution in [1.82, 2.24) is 0 Å². The molecule has 0 radical (unpaired) electrons. The lowest BCUT2D eigenvalue weighted by atomic mass is 10.2. The zero-order chi connectivity index (χ0) is 12.3. The van der Waals surface area contributed by atoms with Gasteiger partial charge in [-0.1, -0.05) is 27.5 Å². The Balaban J connectivity index is 2.25. The van der Waals surface area contributed by atoms with Gasteiger partial charge in [0.05, 0.1) is 5.69 Å². The van der Waals surface area contributed by atoms with Gasteiger partial charge in [0.1, 0.15) is 5.75 Å². The molecule has 2 rings (SSSR count). The van der Waals surface area contributed by atoms with Crippen LogP contribution < -0.4 is 0 Å². The average molecular weight is 311 g/mol. The third-order valence-electron chi connectivity index (χ3n) is 2.17. The second kappa shape index (κ2) is 5.34. The Hall–Kier alpha value is -1.32. The molecule has 2 nitrogen and oxygen atoms in total. The molecule has 0 aliphatic rings. The summed E-state index contributed by atoms with van der Waals surface area (Å²) in [6.07, 6.45) is 1.61. The molecule has 0 saturated heterocycles. The minimum Gasteiger partial charge on any atom is -0.507 e. The van der Waals surface area contributed by atoms with Crippen LogP contribution in [0.25, 0.3) is 0 Å². The highest BCUT2D eigenvalue weighted by Gasteiger charge is 1.98. The summed E-state index contributed by atoms with van der Waals surface area (Å²) in [5.41, 5.74) is 1.45. The van der Waals surface area contributed by atoms with Crippen LogP contribution in [0.5, 0.6) is 5.75 Å². The van der Waals surface area contributed by atoms with Gasteiger partial charge in [-0.3, -0.25) is 4.99 Å². The predicted molar refractivity (Wildman–Crippen MR) is 74.5 cm³/mol.